The number of halogens is 3. The van der Waals surface area contributed by atoms with E-state index in [4.69, 9.17) is 5.26 Å². The van der Waals surface area contributed by atoms with Crippen LogP contribution in [0.15, 0.2) is 12.1 Å². The molecule has 0 unspecified atom stereocenters. The predicted octanol–water partition coefficient (Wildman–Crippen LogP) is 2.79. The van der Waals surface area contributed by atoms with Crippen LogP contribution < -0.4 is 0 Å². The minimum absolute atomic E-state index is 0.0697. The van der Waals surface area contributed by atoms with E-state index in [1.54, 1.807) is 12.1 Å². The molecule has 5 heteroatoms. The first-order chi connectivity index (χ1) is 6.19. The third-order valence-corrected chi connectivity index (χ3v) is 2.02. The van der Waals surface area contributed by atoms with Crippen molar-refractivity contribution in [1.29, 1.82) is 5.26 Å². The van der Waals surface area contributed by atoms with Crippen molar-refractivity contribution in [2.24, 2.45) is 0 Å². The summed E-state index contributed by atoms with van der Waals surface area (Å²) in [6, 6.07) is 4.56. The van der Waals surface area contributed by atoms with E-state index in [0.29, 0.717) is 11.0 Å². The second-order valence-corrected chi connectivity index (χ2v) is 2.84. The SMILES string of the molecule is N#Cc1ccc(CBr)nc1C(F)F. The standard InChI is InChI=1S/C8H5BrF2N2/c9-3-6-2-1-5(4-12)7(13-6)8(10)11/h1-2,8H,3H2. The van der Waals surface area contributed by atoms with Gasteiger partial charge in [0.25, 0.3) is 6.43 Å². The molecule has 13 heavy (non-hydrogen) atoms. The lowest BCUT2D eigenvalue weighted by Gasteiger charge is -2.02. The molecule has 0 spiro atoms. The number of rotatable bonds is 2. The molecule has 0 aliphatic carbocycles. The maximum Gasteiger partial charge on any atom is 0.281 e. The molecule has 0 bridgehead atoms. The van der Waals surface area contributed by atoms with Gasteiger partial charge in [0, 0.05) is 5.33 Å². The number of pyridine rings is 1. The number of nitrogens with zero attached hydrogens (tertiary/aromatic N) is 2. The van der Waals surface area contributed by atoms with E-state index in [1.165, 1.54) is 6.07 Å². The van der Waals surface area contributed by atoms with Crippen molar-refractivity contribution in [3.63, 3.8) is 0 Å². The Morgan fingerprint density at radius 1 is 1.54 bits per heavy atom. The normalized spacial score (nSPS) is 10.1. The van der Waals surface area contributed by atoms with E-state index in [1.807, 2.05) is 0 Å². The van der Waals surface area contributed by atoms with E-state index >= 15 is 0 Å². The zero-order chi connectivity index (χ0) is 9.84. The van der Waals surface area contributed by atoms with Gasteiger partial charge in [-0.1, -0.05) is 15.9 Å². The minimum Gasteiger partial charge on any atom is -0.250 e. The molecule has 0 aromatic carbocycles. The molecule has 0 atom stereocenters. The summed E-state index contributed by atoms with van der Waals surface area (Å²) < 4.78 is 24.6. The summed E-state index contributed by atoms with van der Waals surface area (Å²) in [6.45, 7) is 0. The van der Waals surface area contributed by atoms with Crippen LogP contribution in [0.2, 0.25) is 0 Å². The van der Waals surface area contributed by atoms with Gasteiger partial charge < -0.3 is 0 Å². The molecule has 1 aromatic heterocycles. The molecule has 1 heterocycles. The van der Waals surface area contributed by atoms with Crippen LogP contribution in [-0.4, -0.2) is 4.98 Å². The molecule has 0 fully saturated rings. The van der Waals surface area contributed by atoms with Crippen molar-refractivity contribution in [1.82, 2.24) is 4.98 Å². The van der Waals surface area contributed by atoms with Crippen LogP contribution >= 0.6 is 15.9 Å². The number of nitriles is 1. The van der Waals surface area contributed by atoms with Gasteiger partial charge in [-0.25, -0.2) is 13.8 Å². The van der Waals surface area contributed by atoms with E-state index in [0.717, 1.165) is 0 Å². The van der Waals surface area contributed by atoms with Crippen LogP contribution in [0, 0.1) is 11.3 Å². The molecule has 1 rings (SSSR count). The highest BCUT2D eigenvalue weighted by atomic mass is 79.9. The van der Waals surface area contributed by atoms with Gasteiger partial charge in [0.1, 0.15) is 11.8 Å². The highest BCUT2D eigenvalue weighted by Gasteiger charge is 2.14. The van der Waals surface area contributed by atoms with Crippen molar-refractivity contribution in [3.8, 4) is 6.07 Å². The molecule has 0 amide bonds. The van der Waals surface area contributed by atoms with Crippen LogP contribution in [0.4, 0.5) is 8.78 Å². The number of hydrogen-bond acceptors (Lipinski definition) is 2. The Kier molecular flexibility index (Phi) is 3.32. The summed E-state index contributed by atoms with van der Waals surface area (Å²) in [4.78, 5) is 3.64. The summed E-state index contributed by atoms with van der Waals surface area (Å²) in [5, 5.41) is 8.90. The third kappa shape index (κ3) is 2.22. The molecule has 0 saturated carbocycles. The average molecular weight is 247 g/mol. The summed E-state index contributed by atoms with van der Waals surface area (Å²) in [7, 11) is 0. The van der Waals surface area contributed by atoms with E-state index in [-0.39, 0.29) is 5.56 Å². The third-order valence-electron chi connectivity index (χ3n) is 1.45. The van der Waals surface area contributed by atoms with Crippen molar-refractivity contribution < 1.29 is 8.78 Å². The Morgan fingerprint density at radius 3 is 2.69 bits per heavy atom. The predicted molar refractivity (Wildman–Crippen MR) is 46.5 cm³/mol. The first kappa shape index (κ1) is 10.1. The fourth-order valence-electron chi connectivity index (χ4n) is 0.852. The summed E-state index contributed by atoms with van der Waals surface area (Å²) >= 11 is 3.10. The van der Waals surface area contributed by atoms with Gasteiger partial charge in [-0.2, -0.15) is 5.26 Å². The highest BCUT2D eigenvalue weighted by Crippen LogP contribution is 2.21. The largest absolute Gasteiger partial charge is 0.281 e. The lowest BCUT2D eigenvalue weighted by atomic mass is 10.2. The Bertz CT molecular complexity index is 346. The summed E-state index contributed by atoms with van der Waals surface area (Å²) in [5.41, 5.74) is -0.0200. The topological polar surface area (TPSA) is 36.7 Å². The van der Waals surface area contributed by atoms with Gasteiger partial charge in [0.05, 0.1) is 11.3 Å². The molecule has 0 N–H and O–H groups in total. The molecule has 0 aliphatic rings. The lowest BCUT2D eigenvalue weighted by molar-refractivity contribution is 0.145. The van der Waals surface area contributed by atoms with Gasteiger partial charge >= 0.3 is 0 Å². The van der Waals surface area contributed by atoms with Crippen LogP contribution in [0.5, 0.6) is 0 Å². The van der Waals surface area contributed by atoms with E-state index in [2.05, 4.69) is 20.9 Å². The smallest absolute Gasteiger partial charge is 0.250 e. The van der Waals surface area contributed by atoms with Crippen LogP contribution in [0.25, 0.3) is 0 Å². The fraction of sp³-hybridized carbons (Fsp3) is 0.250. The Balaban J connectivity index is 3.20. The molecular formula is C8H5BrF2N2. The van der Waals surface area contributed by atoms with Crippen molar-refractivity contribution in [3.05, 3.63) is 29.1 Å². The van der Waals surface area contributed by atoms with Crippen LogP contribution in [0.1, 0.15) is 23.4 Å². The van der Waals surface area contributed by atoms with Crippen molar-refractivity contribution in [2.75, 3.05) is 0 Å². The zero-order valence-electron chi connectivity index (χ0n) is 6.47. The lowest BCUT2D eigenvalue weighted by Crippen LogP contribution is -1.98. The second kappa shape index (κ2) is 4.28. The quantitative estimate of drug-likeness (QED) is 0.753. The molecular weight excluding hydrogens is 242 g/mol. The summed E-state index contributed by atoms with van der Waals surface area (Å²) in [6.07, 6.45) is -2.70. The number of hydrogen-bond donors (Lipinski definition) is 0. The van der Waals surface area contributed by atoms with Gasteiger partial charge in [0.15, 0.2) is 0 Å². The number of aromatic nitrogens is 1. The van der Waals surface area contributed by atoms with E-state index in [9.17, 15) is 8.78 Å². The Labute approximate surface area is 82.3 Å². The molecule has 0 radical (unpaired) electrons. The maximum absolute atomic E-state index is 12.3. The molecule has 2 nitrogen and oxygen atoms in total. The molecule has 68 valence electrons. The summed E-state index contributed by atoms with van der Waals surface area (Å²) in [5.74, 6) is 0. The average Bonchev–Trinajstić information content (AvgIpc) is 2.16. The first-order valence-corrected chi connectivity index (χ1v) is 4.55. The van der Waals surface area contributed by atoms with Crippen LogP contribution in [0.3, 0.4) is 0 Å². The molecule has 1 aromatic rings. The minimum atomic E-state index is -2.70. The van der Waals surface area contributed by atoms with Crippen molar-refractivity contribution >= 4 is 15.9 Å². The Hall–Kier alpha value is -1.02. The molecule has 0 saturated heterocycles. The molecule has 0 aliphatic heterocycles. The van der Waals surface area contributed by atoms with Crippen molar-refractivity contribution in [2.45, 2.75) is 11.8 Å². The monoisotopic (exact) mass is 246 g/mol. The number of alkyl halides is 3. The van der Waals surface area contributed by atoms with Gasteiger partial charge in [-0.3, -0.25) is 0 Å². The Morgan fingerprint density at radius 2 is 2.23 bits per heavy atom. The van der Waals surface area contributed by atoms with Gasteiger partial charge in [0.2, 0.25) is 0 Å². The first-order valence-electron chi connectivity index (χ1n) is 3.43. The fourth-order valence-corrected chi connectivity index (χ4v) is 1.16. The highest BCUT2D eigenvalue weighted by molar-refractivity contribution is 9.08. The maximum atomic E-state index is 12.3. The van der Waals surface area contributed by atoms with E-state index < -0.39 is 12.1 Å². The second-order valence-electron chi connectivity index (χ2n) is 2.28. The van der Waals surface area contributed by atoms with Gasteiger partial charge in [-0.15, -0.1) is 0 Å². The zero-order valence-corrected chi connectivity index (χ0v) is 8.05. The van der Waals surface area contributed by atoms with Crippen LogP contribution in [-0.2, 0) is 5.33 Å². The van der Waals surface area contributed by atoms with Gasteiger partial charge in [-0.05, 0) is 12.1 Å².